The summed E-state index contributed by atoms with van der Waals surface area (Å²) >= 11 is 0. The van der Waals surface area contributed by atoms with Crippen LogP contribution in [0.3, 0.4) is 0 Å². The third-order valence-corrected chi connectivity index (χ3v) is 4.82. The molecule has 2 unspecified atom stereocenters. The molecule has 4 rings (SSSR count). The van der Waals surface area contributed by atoms with Gasteiger partial charge in [0.1, 0.15) is 0 Å². The van der Waals surface area contributed by atoms with Gasteiger partial charge in [0.2, 0.25) is 0 Å². The van der Waals surface area contributed by atoms with Gasteiger partial charge in [-0.2, -0.15) is 0 Å². The van der Waals surface area contributed by atoms with E-state index in [1.807, 2.05) is 6.33 Å². The minimum atomic E-state index is 0.533. The summed E-state index contributed by atoms with van der Waals surface area (Å²) in [7, 11) is 0. The zero-order valence-corrected chi connectivity index (χ0v) is 10.8. The Morgan fingerprint density at radius 1 is 1.17 bits per heavy atom. The molecule has 1 aromatic heterocycles. The third kappa shape index (κ3) is 1.70. The Morgan fingerprint density at radius 2 is 1.94 bits per heavy atom. The summed E-state index contributed by atoms with van der Waals surface area (Å²) in [5, 5.41) is 0. The molecule has 1 aromatic rings. The summed E-state index contributed by atoms with van der Waals surface area (Å²) in [5.74, 6) is 0.625. The maximum absolute atomic E-state index is 6.00. The standard InChI is InChI=1S/C14H22N4/c15-7-10-5-6-17(11-1-2-11)14(10)13-8-16-9-18(13)12-3-4-12/h8-12,14H,1-7,15H2. The monoisotopic (exact) mass is 246 g/mol. The summed E-state index contributed by atoms with van der Waals surface area (Å²) in [6, 6.07) is 2.09. The lowest BCUT2D eigenvalue weighted by Gasteiger charge is -2.28. The Balaban J connectivity index is 1.67. The molecule has 2 heterocycles. The summed E-state index contributed by atoms with van der Waals surface area (Å²) in [6.45, 7) is 2.04. The SMILES string of the molecule is NCC1CCN(C2CC2)C1c1cncn1C1CC1. The van der Waals surface area contributed by atoms with E-state index in [0.717, 1.165) is 18.6 Å². The van der Waals surface area contributed by atoms with E-state index in [-0.39, 0.29) is 0 Å². The van der Waals surface area contributed by atoms with Crippen molar-refractivity contribution < 1.29 is 0 Å². The summed E-state index contributed by atoms with van der Waals surface area (Å²) < 4.78 is 2.42. The molecule has 2 N–H and O–H groups in total. The molecule has 98 valence electrons. The highest BCUT2D eigenvalue weighted by molar-refractivity contribution is 5.14. The van der Waals surface area contributed by atoms with E-state index in [4.69, 9.17) is 5.73 Å². The highest BCUT2D eigenvalue weighted by atomic mass is 15.3. The van der Waals surface area contributed by atoms with Crippen LogP contribution in [0.1, 0.15) is 49.9 Å². The highest BCUT2D eigenvalue weighted by Crippen LogP contribution is 2.46. The summed E-state index contributed by atoms with van der Waals surface area (Å²) in [4.78, 5) is 7.11. The topological polar surface area (TPSA) is 47.1 Å². The predicted octanol–water partition coefficient (Wildman–Crippen LogP) is 1.70. The Bertz CT molecular complexity index is 433. The molecule has 2 atom stereocenters. The lowest BCUT2D eigenvalue weighted by molar-refractivity contribution is 0.211. The fourth-order valence-electron chi connectivity index (χ4n) is 3.56. The van der Waals surface area contributed by atoms with Crippen molar-refractivity contribution in [3.8, 4) is 0 Å². The van der Waals surface area contributed by atoms with Crippen LogP contribution in [0.15, 0.2) is 12.5 Å². The normalized spacial score (nSPS) is 33.2. The molecular weight excluding hydrogens is 224 g/mol. The zero-order valence-electron chi connectivity index (χ0n) is 10.8. The molecule has 1 saturated heterocycles. The number of imidazole rings is 1. The van der Waals surface area contributed by atoms with Gasteiger partial charge in [0, 0.05) is 18.3 Å². The first-order valence-corrected chi connectivity index (χ1v) is 7.36. The van der Waals surface area contributed by atoms with Gasteiger partial charge in [-0.25, -0.2) is 4.98 Å². The zero-order chi connectivity index (χ0) is 12.1. The molecule has 0 bridgehead atoms. The number of nitrogens with zero attached hydrogens (tertiary/aromatic N) is 3. The van der Waals surface area contributed by atoms with Gasteiger partial charge in [-0.15, -0.1) is 0 Å². The minimum absolute atomic E-state index is 0.533. The number of likely N-dealkylation sites (tertiary alicyclic amines) is 1. The number of nitrogens with two attached hydrogens (primary N) is 1. The second kappa shape index (κ2) is 4.07. The van der Waals surface area contributed by atoms with Crippen LogP contribution < -0.4 is 5.73 Å². The van der Waals surface area contributed by atoms with Crippen LogP contribution in [0.5, 0.6) is 0 Å². The van der Waals surface area contributed by atoms with Crippen LogP contribution in [-0.2, 0) is 0 Å². The molecule has 0 amide bonds. The van der Waals surface area contributed by atoms with E-state index < -0.39 is 0 Å². The Labute approximate surface area is 108 Å². The number of hydrogen-bond donors (Lipinski definition) is 1. The molecule has 1 aliphatic heterocycles. The molecule has 2 aliphatic carbocycles. The molecule has 2 saturated carbocycles. The van der Waals surface area contributed by atoms with Crippen LogP contribution in [0.2, 0.25) is 0 Å². The molecular formula is C14H22N4. The molecule has 4 nitrogen and oxygen atoms in total. The van der Waals surface area contributed by atoms with Crippen molar-refractivity contribution in [1.82, 2.24) is 14.5 Å². The van der Waals surface area contributed by atoms with Gasteiger partial charge in [-0.3, -0.25) is 4.90 Å². The van der Waals surface area contributed by atoms with Crippen molar-refractivity contribution in [2.24, 2.45) is 11.7 Å². The van der Waals surface area contributed by atoms with Crippen LogP contribution in [0.4, 0.5) is 0 Å². The van der Waals surface area contributed by atoms with Crippen LogP contribution in [-0.4, -0.2) is 33.6 Å². The second-order valence-electron chi connectivity index (χ2n) is 6.16. The highest BCUT2D eigenvalue weighted by Gasteiger charge is 2.44. The quantitative estimate of drug-likeness (QED) is 0.879. The first-order valence-electron chi connectivity index (χ1n) is 7.36. The van der Waals surface area contributed by atoms with E-state index >= 15 is 0 Å². The Kier molecular flexibility index (Phi) is 2.49. The number of rotatable bonds is 4. The largest absolute Gasteiger partial charge is 0.330 e. The Morgan fingerprint density at radius 3 is 2.61 bits per heavy atom. The van der Waals surface area contributed by atoms with Crippen molar-refractivity contribution in [2.45, 2.75) is 50.2 Å². The molecule has 3 aliphatic rings. The first-order chi connectivity index (χ1) is 8.88. The van der Waals surface area contributed by atoms with Gasteiger partial charge in [-0.05, 0) is 51.1 Å². The van der Waals surface area contributed by atoms with Gasteiger partial charge in [0.25, 0.3) is 0 Å². The third-order valence-electron chi connectivity index (χ3n) is 4.82. The Hall–Kier alpha value is -0.870. The van der Waals surface area contributed by atoms with Gasteiger partial charge >= 0.3 is 0 Å². The first kappa shape index (κ1) is 11.0. The molecule has 4 heteroatoms. The molecule has 0 radical (unpaired) electrons. The average Bonchev–Trinajstić information content (AvgIpc) is 3.32. The van der Waals surface area contributed by atoms with Crippen LogP contribution in [0.25, 0.3) is 0 Å². The molecule has 0 spiro atoms. The number of aromatic nitrogens is 2. The van der Waals surface area contributed by atoms with E-state index in [1.54, 1.807) is 0 Å². The van der Waals surface area contributed by atoms with Crippen molar-refractivity contribution in [3.05, 3.63) is 18.2 Å². The van der Waals surface area contributed by atoms with Crippen molar-refractivity contribution in [1.29, 1.82) is 0 Å². The van der Waals surface area contributed by atoms with Gasteiger partial charge in [-0.1, -0.05) is 0 Å². The molecule has 18 heavy (non-hydrogen) atoms. The van der Waals surface area contributed by atoms with Gasteiger partial charge < -0.3 is 10.3 Å². The molecule has 0 aromatic carbocycles. The van der Waals surface area contributed by atoms with Crippen LogP contribution >= 0.6 is 0 Å². The lowest BCUT2D eigenvalue weighted by Crippen LogP contribution is -2.31. The van der Waals surface area contributed by atoms with E-state index in [1.165, 1.54) is 44.3 Å². The summed E-state index contributed by atoms with van der Waals surface area (Å²) in [6.07, 6.45) is 10.8. The fraction of sp³-hybridized carbons (Fsp3) is 0.786. The smallest absolute Gasteiger partial charge is 0.0951 e. The second-order valence-corrected chi connectivity index (χ2v) is 6.16. The van der Waals surface area contributed by atoms with Crippen LogP contribution in [0, 0.1) is 5.92 Å². The van der Waals surface area contributed by atoms with Crippen molar-refractivity contribution in [3.63, 3.8) is 0 Å². The summed E-state index contributed by atoms with van der Waals surface area (Å²) in [5.41, 5.74) is 7.43. The fourth-order valence-corrected chi connectivity index (χ4v) is 3.56. The van der Waals surface area contributed by atoms with Gasteiger partial charge in [0.15, 0.2) is 0 Å². The van der Waals surface area contributed by atoms with E-state index in [0.29, 0.717) is 12.0 Å². The van der Waals surface area contributed by atoms with Crippen molar-refractivity contribution in [2.75, 3.05) is 13.1 Å². The predicted molar refractivity (Wildman–Crippen MR) is 70.1 cm³/mol. The molecule has 3 fully saturated rings. The van der Waals surface area contributed by atoms with Gasteiger partial charge in [0.05, 0.1) is 18.1 Å². The maximum atomic E-state index is 6.00. The minimum Gasteiger partial charge on any atom is -0.330 e. The van der Waals surface area contributed by atoms with Crippen molar-refractivity contribution >= 4 is 0 Å². The number of hydrogen-bond acceptors (Lipinski definition) is 3. The lowest BCUT2D eigenvalue weighted by atomic mass is 9.98. The average molecular weight is 246 g/mol. The maximum Gasteiger partial charge on any atom is 0.0951 e. The van der Waals surface area contributed by atoms with E-state index in [9.17, 15) is 0 Å². The van der Waals surface area contributed by atoms with E-state index in [2.05, 4.69) is 20.6 Å².